The minimum Gasteiger partial charge on any atom is -0.445 e. The summed E-state index contributed by atoms with van der Waals surface area (Å²) in [5.74, 6) is -0.308. The number of ether oxygens (including phenoxy) is 2. The van der Waals surface area contributed by atoms with Gasteiger partial charge in [0.25, 0.3) is 0 Å². The molecule has 3 atom stereocenters. The van der Waals surface area contributed by atoms with E-state index >= 15 is 0 Å². The first-order valence-corrected chi connectivity index (χ1v) is 8.08. The largest absolute Gasteiger partial charge is 0.445 e. The van der Waals surface area contributed by atoms with Crippen molar-refractivity contribution in [2.75, 3.05) is 19.8 Å². The third-order valence-corrected chi connectivity index (χ3v) is 4.19. The van der Waals surface area contributed by atoms with Crippen molar-refractivity contribution in [3.63, 3.8) is 0 Å². The minimum atomic E-state index is -0.687. The molecule has 132 valence electrons. The highest BCUT2D eigenvalue weighted by molar-refractivity contribution is 7.81. The fourth-order valence-electron chi connectivity index (χ4n) is 2.86. The monoisotopic (exact) mass is 355 g/mol. The number of carbonyl (C=O) groups excluding carboxylic acids is 3. The van der Waals surface area contributed by atoms with Crippen LogP contribution in [0.3, 0.4) is 0 Å². The van der Waals surface area contributed by atoms with Crippen LogP contribution in [0.1, 0.15) is 12.8 Å². The molecule has 0 aromatic rings. The highest BCUT2D eigenvalue weighted by Crippen LogP contribution is 2.30. The Kier molecular flexibility index (Phi) is 6.13. The lowest BCUT2D eigenvalue weighted by Crippen LogP contribution is -2.53. The Morgan fingerprint density at radius 3 is 2.46 bits per heavy atom. The molecule has 0 spiro atoms. The summed E-state index contributed by atoms with van der Waals surface area (Å²) in [5.41, 5.74) is 2.47. The Morgan fingerprint density at radius 1 is 1.21 bits per heavy atom. The molecular weight excluding hydrogens is 334 g/mol. The molecule has 2 aliphatic heterocycles. The summed E-state index contributed by atoms with van der Waals surface area (Å²) in [7, 11) is 0. The number of nitrogens with one attached hydrogen (secondary N) is 1. The van der Waals surface area contributed by atoms with Gasteiger partial charge in [-0.2, -0.15) is 12.6 Å². The second kappa shape index (κ2) is 8.09. The van der Waals surface area contributed by atoms with E-state index in [1.165, 1.54) is 17.1 Å². The molecule has 0 aliphatic carbocycles. The van der Waals surface area contributed by atoms with Gasteiger partial charge in [-0.15, -0.1) is 0 Å². The van der Waals surface area contributed by atoms with Crippen LogP contribution in [-0.2, 0) is 14.3 Å². The highest BCUT2D eigenvalue weighted by atomic mass is 32.1. The van der Waals surface area contributed by atoms with Gasteiger partial charge in [0.05, 0.1) is 18.5 Å². The molecule has 2 aliphatic rings. The Balaban J connectivity index is 2.13. The normalized spacial score (nSPS) is 26.0. The molecule has 9 heteroatoms. The van der Waals surface area contributed by atoms with E-state index in [1.807, 2.05) is 0 Å². The zero-order chi connectivity index (χ0) is 17.7. The van der Waals surface area contributed by atoms with Crippen molar-refractivity contribution in [2.45, 2.75) is 30.2 Å². The molecule has 3 amide bonds. The van der Waals surface area contributed by atoms with Crippen LogP contribution in [0.4, 0.5) is 9.59 Å². The number of likely N-dealkylation sites (tertiary alicyclic amines) is 1. The van der Waals surface area contributed by atoms with Crippen LogP contribution in [0.25, 0.3) is 0 Å². The molecule has 2 fully saturated rings. The summed E-state index contributed by atoms with van der Waals surface area (Å²) < 4.78 is 10.1. The second-order valence-electron chi connectivity index (χ2n) is 5.52. The van der Waals surface area contributed by atoms with Crippen LogP contribution in [0, 0.1) is 0 Å². The summed E-state index contributed by atoms with van der Waals surface area (Å²) in [6, 6.07) is -0.928. The average Bonchev–Trinajstić information content (AvgIpc) is 3.13. The van der Waals surface area contributed by atoms with Crippen molar-refractivity contribution in [3.05, 3.63) is 25.3 Å². The van der Waals surface area contributed by atoms with E-state index in [4.69, 9.17) is 9.47 Å². The molecule has 0 aromatic carbocycles. The van der Waals surface area contributed by atoms with E-state index in [-0.39, 0.29) is 36.8 Å². The number of rotatable bonds is 5. The maximum Gasteiger partial charge on any atom is 0.429 e. The molecule has 3 unspecified atom stereocenters. The van der Waals surface area contributed by atoms with E-state index in [0.29, 0.717) is 13.0 Å². The van der Waals surface area contributed by atoms with Crippen molar-refractivity contribution in [1.82, 2.24) is 15.3 Å². The van der Waals surface area contributed by atoms with Crippen molar-refractivity contribution in [3.8, 4) is 0 Å². The maximum absolute atomic E-state index is 12.2. The number of amides is 3. The first-order chi connectivity index (χ1) is 11.5. The molecular formula is C15H21N3O5S. The Labute approximate surface area is 145 Å². The van der Waals surface area contributed by atoms with Gasteiger partial charge in [-0.25, -0.2) is 14.6 Å². The maximum atomic E-state index is 12.2. The number of nitrogens with zero attached hydrogens (tertiary/aromatic N) is 2. The average molecular weight is 355 g/mol. The van der Waals surface area contributed by atoms with Crippen LogP contribution in [-0.4, -0.2) is 65.1 Å². The molecule has 2 rings (SSSR count). The molecule has 8 nitrogen and oxygen atoms in total. The van der Waals surface area contributed by atoms with E-state index in [1.54, 1.807) is 0 Å². The van der Waals surface area contributed by atoms with Crippen LogP contribution < -0.4 is 5.43 Å². The second-order valence-corrected chi connectivity index (χ2v) is 6.25. The van der Waals surface area contributed by atoms with Crippen molar-refractivity contribution >= 4 is 30.7 Å². The first-order valence-electron chi connectivity index (χ1n) is 7.56. The Hall–Kier alpha value is -2.16. The molecule has 2 heterocycles. The van der Waals surface area contributed by atoms with E-state index in [2.05, 4.69) is 31.2 Å². The van der Waals surface area contributed by atoms with E-state index in [9.17, 15) is 14.4 Å². The number of hydrogen-bond donors (Lipinski definition) is 2. The van der Waals surface area contributed by atoms with E-state index < -0.39 is 18.2 Å². The zero-order valence-electron chi connectivity index (χ0n) is 13.2. The van der Waals surface area contributed by atoms with Gasteiger partial charge >= 0.3 is 12.2 Å². The van der Waals surface area contributed by atoms with Gasteiger partial charge in [-0.3, -0.25) is 10.2 Å². The summed E-state index contributed by atoms with van der Waals surface area (Å²) in [6.45, 7) is 7.47. The molecule has 24 heavy (non-hydrogen) atoms. The summed E-state index contributed by atoms with van der Waals surface area (Å²) in [5, 5.41) is 1.07. The third-order valence-electron chi connectivity index (χ3n) is 3.82. The van der Waals surface area contributed by atoms with Gasteiger partial charge in [0.1, 0.15) is 13.2 Å². The SMILES string of the molecule is C=CCOC(=O)N1CC(S)CC1C1CC(=O)NN1C(=O)OCC=C. The Morgan fingerprint density at radius 2 is 1.83 bits per heavy atom. The summed E-state index contributed by atoms with van der Waals surface area (Å²) >= 11 is 4.43. The smallest absolute Gasteiger partial charge is 0.429 e. The molecule has 1 N–H and O–H groups in total. The lowest BCUT2D eigenvalue weighted by Gasteiger charge is -2.32. The van der Waals surface area contributed by atoms with Crippen LogP contribution in [0.2, 0.25) is 0 Å². The molecule has 0 saturated carbocycles. The van der Waals surface area contributed by atoms with Crippen LogP contribution >= 0.6 is 12.6 Å². The van der Waals surface area contributed by atoms with Crippen molar-refractivity contribution < 1.29 is 23.9 Å². The molecule has 0 bridgehead atoms. The molecule has 2 saturated heterocycles. The quantitative estimate of drug-likeness (QED) is 0.570. The highest BCUT2D eigenvalue weighted by Gasteiger charge is 2.47. The topological polar surface area (TPSA) is 88.2 Å². The van der Waals surface area contributed by atoms with Crippen molar-refractivity contribution in [1.29, 1.82) is 0 Å². The van der Waals surface area contributed by atoms with Crippen molar-refractivity contribution in [2.24, 2.45) is 0 Å². The third kappa shape index (κ3) is 4.02. The minimum absolute atomic E-state index is 0.0306. The first kappa shape index (κ1) is 18.2. The Bertz CT molecular complexity index is 541. The molecule has 0 aromatic heterocycles. The predicted molar refractivity (Wildman–Crippen MR) is 89.4 cm³/mol. The predicted octanol–water partition coefficient (Wildman–Crippen LogP) is 1.11. The zero-order valence-corrected chi connectivity index (χ0v) is 14.1. The van der Waals surface area contributed by atoms with Gasteiger partial charge in [0.15, 0.2) is 0 Å². The lowest BCUT2D eigenvalue weighted by atomic mass is 10.0. The van der Waals surface area contributed by atoms with E-state index in [0.717, 1.165) is 5.01 Å². The van der Waals surface area contributed by atoms with Gasteiger partial charge in [-0.05, 0) is 6.42 Å². The number of hydrazine groups is 1. The number of carbonyl (C=O) groups is 3. The van der Waals surface area contributed by atoms with Gasteiger partial charge in [-0.1, -0.05) is 25.3 Å². The van der Waals surface area contributed by atoms with Gasteiger partial charge < -0.3 is 14.4 Å². The fourth-order valence-corrected chi connectivity index (χ4v) is 3.26. The molecule has 0 radical (unpaired) electrons. The van der Waals surface area contributed by atoms with Gasteiger partial charge in [0, 0.05) is 11.8 Å². The number of hydrogen-bond acceptors (Lipinski definition) is 6. The standard InChI is InChI=1S/C15H21N3O5S/c1-3-5-22-14(20)17-9-10(24)7-11(17)12-8-13(19)16-18(12)15(21)23-6-4-2/h3-4,10-12,24H,1-2,5-9H2,(H,16,19). The van der Waals surface area contributed by atoms with Crippen LogP contribution in [0.5, 0.6) is 0 Å². The summed E-state index contributed by atoms with van der Waals surface area (Å²) in [6.07, 6.45) is 2.32. The van der Waals surface area contributed by atoms with Gasteiger partial charge in [0.2, 0.25) is 5.91 Å². The van der Waals surface area contributed by atoms with Crippen LogP contribution in [0.15, 0.2) is 25.3 Å². The summed E-state index contributed by atoms with van der Waals surface area (Å²) in [4.78, 5) is 37.6. The fraction of sp³-hybridized carbons (Fsp3) is 0.533. The number of thiol groups is 1. The lowest BCUT2D eigenvalue weighted by molar-refractivity contribution is -0.120.